The summed E-state index contributed by atoms with van der Waals surface area (Å²) in [6.07, 6.45) is -1.84. The highest BCUT2D eigenvalue weighted by molar-refractivity contribution is 5.90. The zero-order chi connectivity index (χ0) is 54.8. The number of carbonyl (C=O) groups excluding carboxylic acids is 7. The summed E-state index contributed by atoms with van der Waals surface area (Å²) in [5, 5.41) is 11.2. The SMILES string of the molecule is CC(C)NC(=O)C(N)CC(=O)n1cc(F)c(=O)[nH]c1=O.COC(=O)C(N)CC(=O)n1cc(F)c(=O)[nH]c1=O.NC(O)CC(=O)n1cc(F)c(=O)[nH]c1=O.NNC(=O)C(N)CC(=O)n1cc(F)c(=O)[nH]c1=O. The van der Waals surface area contributed by atoms with Crippen LogP contribution in [0.5, 0.6) is 0 Å². The average Bonchev–Trinajstić information content (AvgIpc) is 3.27. The van der Waals surface area contributed by atoms with Gasteiger partial charge in [0.15, 0.2) is 0 Å². The van der Waals surface area contributed by atoms with E-state index in [1.54, 1.807) is 39.2 Å². The molecule has 0 saturated heterocycles. The van der Waals surface area contributed by atoms with Gasteiger partial charge >= 0.3 is 28.7 Å². The molecule has 36 heteroatoms. The molecule has 4 atom stereocenters. The molecule has 388 valence electrons. The molecular formula is C35H43F4N15O17. The highest BCUT2D eigenvalue weighted by atomic mass is 19.1. The van der Waals surface area contributed by atoms with Gasteiger partial charge in [0.2, 0.25) is 52.8 Å². The van der Waals surface area contributed by atoms with Gasteiger partial charge in [-0.3, -0.25) is 78.1 Å². The molecule has 0 spiro atoms. The number of aromatic nitrogens is 8. The van der Waals surface area contributed by atoms with Crippen LogP contribution in [0.15, 0.2) is 63.1 Å². The van der Waals surface area contributed by atoms with Gasteiger partial charge in [0, 0.05) is 6.04 Å². The quantitative estimate of drug-likeness (QED) is 0.0157. The maximum atomic E-state index is 13.0. The van der Waals surface area contributed by atoms with Crippen LogP contribution in [0, 0.1) is 23.3 Å². The minimum Gasteiger partial charge on any atom is -0.468 e. The van der Waals surface area contributed by atoms with Crippen molar-refractivity contribution in [2.45, 2.75) is 69.9 Å². The van der Waals surface area contributed by atoms with Gasteiger partial charge < -0.3 is 38.1 Å². The van der Waals surface area contributed by atoms with Crippen molar-refractivity contribution < 1.29 is 61.0 Å². The van der Waals surface area contributed by atoms with Crippen LogP contribution in [0.25, 0.3) is 0 Å². The fourth-order valence-electron chi connectivity index (χ4n) is 4.59. The second kappa shape index (κ2) is 27.3. The van der Waals surface area contributed by atoms with E-state index < -0.39 is 160 Å². The van der Waals surface area contributed by atoms with Crippen LogP contribution in [-0.4, -0.2) is 122 Å². The molecule has 4 aromatic rings. The van der Waals surface area contributed by atoms with Gasteiger partial charge in [-0.05, 0) is 13.8 Å². The molecule has 0 bridgehead atoms. The summed E-state index contributed by atoms with van der Waals surface area (Å²) in [5.41, 5.74) is 13.4. The number of nitrogens with zero attached hydrogens (tertiary/aromatic N) is 4. The molecule has 32 nitrogen and oxygen atoms in total. The molecule has 0 fully saturated rings. The largest absolute Gasteiger partial charge is 0.468 e. The molecule has 4 unspecified atom stereocenters. The summed E-state index contributed by atoms with van der Waals surface area (Å²) in [6, 6.07) is -3.89. The van der Waals surface area contributed by atoms with Gasteiger partial charge in [-0.15, -0.1) is 0 Å². The molecule has 71 heavy (non-hydrogen) atoms. The Hall–Kier alpha value is -8.71. The van der Waals surface area contributed by atoms with Crippen LogP contribution in [-0.2, 0) is 19.1 Å². The number of halogens is 4. The Morgan fingerprint density at radius 2 is 0.803 bits per heavy atom. The number of rotatable bonds is 12. The molecular weight excluding hydrogens is 978 g/mol. The fourth-order valence-corrected chi connectivity index (χ4v) is 4.59. The van der Waals surface area contributed by atoms with E-state index in [1.807, 2.05) is 0 Å². The lowest BCUT2D eigenvalue weighted by Gasteiger charge is -2.14. The molecule has 0 aliphatic rings. The number of hydrogen-bond donors (Lipinski definition) is 12. The van der Waals surface area contributed by atoms with Crippen LogP contribution < -0.4 is 84.5 Å². The average molecular weight is 1020 g/mol. The summed E-state index contributed by atoms with van der Waals surface area (Å²) < 4.78 is 57.2. The third-order valence-corrected chi connectivity index (χ3v) is 7.99. The minimum absolute atomic E-state index is 0.156. The number of carbonyl (C=O) groups is 7. The lowest BCUT2D eigenvalue weighted by atomic mass is 10.2. The topological polar surface area (TPSA) is 523 Å². The van der Waals surface area contributed by atoms with E-state index in [0.717, 1.165) is 7.11 Å². The molecule has 4 aromatic heterocycles. The lowest BCUT2D eigenvalue weighted by Crippen LogP contribution is -2.46. The van der Waals surface area contributed by atoms with E-state index >= 15 is 0 Å². The number of nitrogens with two attached hydrogens (primary N) is 5. The van der Waals surface area contributed by atoms with Crippen molar-refractivity contribution in [3.05, 3.63) is 131 Å². The molecule has 17 N–H and O–H groups in total. The number of nitrogens with one attached hydrogen (secondary N) is 6. The van der Waals surface area contributed by atoms with Gasteiger partial charge in [-0.25, -0.2) is 43.3 Å². The third kappa shape index (κ3) is 18.7. The first-order valence-electron chi connectivity index (χ1n) is 19.1. The molecule has 0 radical (unpaired) electrons. The summed E-state index contributed by atoms with van der Waals surface area (Å²) in [6.45, 7) is 3.43. The molecule has 0 saturated carbocycles. The van der Waals surface area contributed by atoms with Crippen molar-refractivity contribution in [3.8, 4) is 0 Å². The van der Waals surface area contributed by atoms with Crippen molar-refractivity contribution >= 4 is 41.4 Å². The first-order valence-corrected chi connectivity index (χ1v) is 19.1. The molecule has 4 rings (SSSR count). The van der Waals surface area contributed by atoms with Gasteiger partial charge in [-0.1, -0.05) is 0 Å². The predicted octanol–water partition coefficient (Wildman–Crippen LogP) is -8.23. The van der Waals surface area contributed by atoms with Crippen molar-refractivity contribution in [3.63, 3.8) is 0 Å². The van der Waals surface area contributed by atoms with Crippen LogP contribution in [0.2, 0.25) is 0 Å². The van der Waals surface area contributed by atoms with Crippen LogP contribution >= 0.6 is 0 Å². The maximum absolute atomic E-state index is 13.0. The number of hydrazine groups is 1. The normalized spacial score (nSPS) is 12.1. The van der Waals surface area contributed by atoms with Crippen LogP contribution in [0.1, 0.15) is 58.7 Å². The number of aliphatic hydroxyl groups is 1. The molecule has 4 heterocycles. The summed E-state index contributed by atoms with van der Waals surface area (Å²) in [7, 11) is 1.08. The van der Waals surface area contributed by atoms with Crippen molar-refractivity contribution in [1.29, 1.82) is 0 Å². The first-order chi connectivity index (χ1) is 32.9. The van der Waals surface area contributed by atoms with E-state index in [0.29, 0.717) is 43.1 Å². The smallest absolute Gasteiger partial charge is 0.335 e. The zero-order valence-electron chi connectivity index (χ0n) is 36.7. The van der Waals surface area contributed by atoms with Gasteiger partial charge in [0.05, 0.1) is 69.7 Å². The monoisotopic (exact) mass is 1020 g/mol. The number of ether oxygens (including phenoxy) is 1. The molecule has 0 aliphatic carbocycles. The van der Waals surface area contributed by atoms with E-state index in [1.165, 1.54) is 0 Å². The Morgan fingerprint density at radius 1 is 0.535 bits per heavy atom. The number of aliphatic hydroxyl groups excluding tert-OH is 1. The number of H-pyrrole nitrogens is 4. The Morgan fingerprint density at radius 3 is 1.06 bits per heavy atom. The Bertz CT molecular complexity index is 3030. The van der Waals surface area contributed by atoms with Gasteiger partial charge in [0.25, 0.3) is 28.1 Å². The van der Waals surface area contributed by atoms with Crippen molar-refractivity contribution in [2.75, 3.05) is 7.11 Å². The third-order valence-electron chi connectivity index (χ3n) is 7.99. The summed E-state index contributed by atoms with van der Waals surface area (Å²) in [4.78, 5) is 174. The van der Waals surface area contributed by atoms with E-state index in [4.69, 9.17) is 33.9 Å². The number of methoxy groups -OCH3 is 1. The van der Waals surface area contributed by atoms with Gasteiger partial charge in [0.1, 0.15) is 12.3 Å². The van der Waals surface area contributed by atoms with E-state index in [-0.39, 0.29) is 6.04 Å². The van der Waals surface area contributed by atoms with E-state index in [2.05, 4.69) is 10.1 Å². The molecule has 2 amide bonds. The fraction of sp³-hybridized carbons (Fsp3) is 0.343. The second-order valence-corrected chi connectivity index (χ2v) is 13.9. The summed E-state index contributed by atoms with van der Waals surface area (Å²) in [5.74, 6) is -6.28. The van der Waals surface area contributed by atoms with Crippen LogP contribution in [0.4, 0.5) is 17.6 Å². The Balaban J connectivity index is 0.000000475. The van der Waals surface area contributed by atoms with Crippen molar-refractivity contribution in [2.24, 2.45) is 28.8 Å². The maximum Gasteiger partial charge on any atom is 0.335 e. The van der Waals surface area contributed by atoms with Crippen molar-refractivity contribution in [1.82, 2.24) is 48.9 Å². The second-order valence-electron chi connectivity index (χ2n) is 13.9. The highest BCUT2D eigenvalue weighted by Gasteiger charge is 2.23. The Kier molecular flexibility index (Phi) is 23.2. The molecule has 0 aromatic carbocycles. The van der Waals surface area contributed by atoms with Crippen LogP contribution in [0.3, 0.4) is 0 Å². The zero-order valence-corrected chi connectivity index (χ0v) is 36.7. The standard InChI is InChI=1S/C11H15FN4O4.C9H10FN3O5.C8H10FN5O4.C7H8FN3O4/c1-5(2)14-10(19)7(13)3-8(17)16-4-6(12)9(18)15-11(16)20;1-18-8(16)5(11)2-6(14)13-3-4(10)7(15)12-9(13)17;9-3-2-14(8(18)12-6(3)16)5(15)1-4(10)7(17)13-11;8-3-2-11(5(13)1-4(9)12)7(15)10-6(3)14/h4-5,7H,3,13H2,1-2H3,(H,14,19)(H,15,18,20);3,5H,2,11H2,1H3,(H,12,15,17);2,4H,1,10-11H2,(H,13,17)(H,12,16,18);2,4,12H,1,9H2,(H,10,14,15). The highest BCUT2D eigenvalue weighted by Crippen LogP contribution is 1.98. The number of hydrogen-bond acceptors (Lipinski definition) is 22. The Labute approximate surface area is 388 Å². The lowest BCUT2D eigenvalue weighted by molar-refractivity contribution is -0.142. The number of amides is 2. The predicted molar refractivity (Wildman–Crippen MR) is 228 cm³/mol. The van der Waals surface area contributed by atoms with Gasteiger partial charge in [-0.2, -0.15) is 17.6 Å². The number of aromatic amines is 4. The molecule has 0 aliphatic heterocycles. The van der Waals surface area contributed by atoms with E-state index in [9.17, 15) is 89.5 Å². The number of esters is 1. The first kappa shape index (κ1) is 60.3. The summed E-state index contributed by atoms with van der Waals surface area (Å²) >= 11 is 0. The minimum atomic E-state index is -1.45.